The van der Waals surface area contributed by atoms with Crippen molar-refractivity contribution in [1.29, 1.82) is 0 Å². The zero-order valence-electron chi connectivity index (χ0n) is 14.6. The van der Waals surface area contributed by atoms with Crippen molar-refractivity contribution in [2.45, 2.75) is 13.0 Å². The van der Waals surface area contributed by atoms with Crippen molar-refractivity contribution in [2.75, 3.05) is 38.0 Å². The van der Waals surface area contributed by atoms with Gasteiger partial charge in [-0.15, -0.1) is 0 Å². The molecule has 0 aliphatic carbocycles. The van der Waals surface area contributed by atoms with Crippen molar-refractivity contribution in [3.8, 4) is 0 Å². The third-order valence-corrected chi connectivity index (χ3v) is 4.80. The van der Waals surface area contributed by atoms with Crippen molar-refractivity contribution in [1.82, 2.24) is 9.80 Å². The topological polar surface area (TPSA) is 35.6 Å². The molecule has 1 N–H and O–H groups in total. The minimum absolute atomic E-state index is 0.0841. The van der Waals surface area contributed by atoms with Crippen LogP contribution in [0.5, 0.6) is 0 Å². The van der Waals surface area contributed by atoms with Gasteiger partial charge in [-0.05, 0) is 35.9 Å². The second kappa shape index (κ2) is 9.12. The van der Waals surface area contributed by atoms with Gasteiger partial charge in [-0.2, -0.15) is 0 Å². The summed E-state index contributed by atoms with van der Waals surface area (Å²) in [7, 11) is 0. The van der Waals surface area contributed by atoms with Crippen LogP contribution in [-0.4, -0.2) is 48.4 Å². The van der Waals surface area contributed by atoms with Crippen LogP contribution in [0.25, 0.3) is 0 Å². The highest BCUT2D eigenvalue weighted by Gasteiger charge is 2.17. The Morgan fingerprint density at radius 1 is 1.04 bits per heavy atom. The van der Waals surface area contributed by atoms with Gasteiger partial charge in [0, 0.05) is 56.4 Å². The van der Waals surface area contributed by atoms with E-state index in [1.165, 1.54) is 17.7 Å². The molecule has 0 spiro atoms. The number of anilines is 1. The van der Waals surface area contributed by atoms with Crippen molar-refractivity contribution >= 4 is 23.2 Å². The standard InChI is InChI=1S/C20H23ClFN3O/c21-17-6-4-16(5-7-17)15-25-12-10-24(11-13-25)9-8-20(26)23-19-3-1-2-18(22)14-19/h1-7,14H,8-13,15H2,(H,23,26). The second-order valence-electron chi connectivity index (χ2n) is 6.55. The largest absolute Gasteiger partial charge is 0.326 e. The van der Waals surface area contributed by atoms with Crippen molar-refractivity contribution in [2.24, 2.45) is 0 Å². The first-order valence-corrected chi connectivity index (χ1v) is 9.21. The molecule has 1 aliphatic heterocycles. The van der Waals surface area contributed by atoms with Crippen LogP contribution in [0.3, 0.4) is 0 Å². The average Bonchev–Trinajstić information content (AvgIpc) is 2.63. The predicted molar refractivity (Wildman–Crippen MR) is 103 cm³/mol. The van der Waals surface area contributed by atoms with E-state index in [0.717, 1.165) is 44.3 Å². The molecule has 0 bridgehead atoms. The number of amides is 1. The quantitative estimate of drug-likeness (QED) is 0.837. The van der Waals surface area contributed by atoms with Gasteiger partial charge in [0.05, 0.1) is 0 Å². The number of nitrogens with zero attached hydrogens (tertiary/aromatic N) is 2. The fourth-order valence-electron chi connectivity index (χ4n) is 3.07. The van der Waals surface area contributed by atoms with Crippen molar-refractivity contribution in [3.05, 3.63) is 64.9 Å². The van der Waals surface area contributed by atoms with Gasteiger partial charge in [0.1, 0.15) is 5.82 Å². The first-order chi connectivity index (χ1) is 12.6. The Hall–Kier alpha value is -1.95. The lowest BCUT2D eigenvalue weighted by Crippen LogP contribution is -2.46. The number of piperazine rings is 1. The number of hydrogen-bond donors (Lipinski definition) is 1. The molecule has 1 amide bonds. The Morgan fingerprint density at radius 3 is 2.42 bits per heavy atom. The first-order valence-electron chi connectivity index (χ1n) is 8.83. The number of halogens is 2. The maximum atomic E-state index is 13.1. The lowest BCUT2D eigenvalue weighted by atomic mass is 10.2. The van der Waals surface area contributed by atoms with E-state index in [1.807, 2.05) is 12.1 Å². The molecule has 1 aliphatic rings. The summed E-state index contributed by atoms with van der Waals surface area (Å²) in [4.78, 5) is 16.7. The predicted octanol–water partition coefficient (Wildman–Crippen LogP) is 3.63. The Kier molecular flexibility index (Phi) is 6.61. The zero-order chi connectivity index (χ0) is 18.4. The molecule has 0 unspecified atom stereocenters. The lowest BCUT2D eigenvalue weighted by molar-refractivity contribution is -0.116. The summed E-state index contributed by atoms with van der Waals surface area (Å²) in [6, 6.07) is 13.9. The van der Waals surface area contributed by atoms with Crippen LogP contribution in [0.2, 0.25) is 5.02 Å². The van der Waals surface area contributed by atoms with Gasteiger partial charge >= 0.3 is 0 Å². The molecule has 6 heteroatoms. The molecule has 138 valence electrons. The fourth-order valence-corrected chi connectivity index (χ4v) is 3.19. The van der Waals surface area contributed by atoms with Gasteiger partial charge in [-0.1, -0.05) is 29.8 Å². The van der Waals surface area contributed by atoms with Gasteiger partial charge in [-0.25, -0.2) is 4.39 Å². The van der Waals surface area contributed by atoms with Crippen LogP contribution in [0, 0.1) is 5.82 Å². The smallest absolute Gasteiger partial charge is 0.225 e. The van der Waals surface area contributed by atoms with E-state index < -0.39 is 0 Å². The highest BCUT2D eigenvalue weighted by atomic mass is 35.5. The molecule has 1 heterocycles. The van der Waals surface area contributed by atoms with Crippen LogP contribution in [0.4, 0.5) is 10.1 Å². The minimum atomic E-state index is -0.348. The summed E-state index contributed by atoms with van der Waals surface area (Å²) in [5.74, 6) is -0.432. The van der Waals surface area contributed by atoms with Gasteiger partial charge < -0.3 is 10.2 Å². The molecular weight excluding hydrogens is 353 g/mol. The van der Waals surface area contributed by atoms with E-state index in [-0.39, 0.29) is 11.7 Å². The summed E-state index contributed by atoms with van der Waals surface area (Å²) < 4.78 is 13.1. The summed E-state index contributed by atoms with van der Waals surface area (Å²) in [5, 5.41) is 3.50. The second-order valence-corrected chi connectivity index (χ2v) is 6.99. The van der Waals surface area contributed by atoms with Crippen LogP contribution in [0.15, 0.2) is 48.5 Å². The van der Waals surface area contributed by atoms with E-state index >= 15 is 0 Å². The van der Waals surface area contributed by atoms with E-state index in [1.54, 1.807) is 12.1 Å². The van der Waals surface area contributed by atoms with E-state index in [0.29, 0.717) is 12.1 Å². The molecular formula is C20H23ClFN3O. The van der Waals surface area contributed by atoms with Crippen LogP contribution in [0.1, 0.15) is 12.0 Å². The zero-order valence-corrected chi connectivity index (χ0v) is 15.4. The molecule has 1 fully saturated rings. The third kappa shape index (κ3) is 5.80. The maximum absolute atomic E-state index is 13.1. The van der Waals surface area contributed by atoms with E-state index in [2.05, 4.69) is 27.2 Å². The molecule has 2 aromatic carbocycles. The number of rotatable bonds is 6. The fraction of sp³-hybridized carbons (Fsp3) is 0.350. The summed E-state index contributed by atoms with van der Waals surface area (Å²) in [6.07, 6.45) is 0.410. The van der Waals surface area contributed by atoms with Crippen molar-refractivity contribution < 1.29 is 9.18 Å². The molecule has 2 aromatic rings. The van der Waals surface area contributed by atoms with Gasteiger partial charge in [0.15, 0.2) is 0 Å². The number of hydrogen-bond acceptors (Lipinski definition) is 3. The van der Waals surface area contributed by atoms with Crippen molar-refractivity contribution in [3.63, 3.8) is 0 Å². The summed E-state index contributed by atoms with van der Waals surface area (Å²) in [6.45, 7) is 5.49. The van der Waals surface area contributed by atoms with E-state index in [4.69, 9.17) is 11.6 Å². The number of nitrogens with one attached hydrogen (secondary N) is 1. The number of benzene rings is 2. The molecule has 4 nitrogen and oxygen atoms in total. The number of carbonyl (C=O) groups excluding carboxylic acids is 1. The Balaban J connectivity index is 1.37. The molecule has 0 aromatic heterocycles. The van der Waals surface area contributed by atoms with Crippen LogP contribution in [-0.2, 0) is 11.3 Å². The van der Waals surface area contributed by atoms with Crippen LogP contribution >= 0.6 is 11.6 Å². The van der Waals surface area contributed by atoms with Gasteiger partial charge in [-0.3, -0.25) is 9.69 Å². The monoisotopic (exact) mass is 375 g/mol. The molecule has 26 heavy (non-hydrogen) atoms. The first kappa shape index (κ1) is 18.8. The van der Waals surface area contributed by atoms with Gasteiger partial charge in [0.2, 0.25) is 5.91 Å². The van der Waals surface area contributed by atoms with Gasteiger partial charge in [0.25, 0.3) is 0 Å². The maximum Gasteiger partial charge on any atom is 0.225 e. The SMILES string of the molecule is O=C(CCN1CCN(Cc2ccc(Cl)cc2)CC1)Nc1cccc(F)c1. The molecule has 0 saturated carbocycles. The normalized spacial score (nSPS) is 15.8. The molecule has 0 radical (unpaired) electrons. The molecule has 1 saturated heterocycles. The third-order valence-electron chi connectivity index (χ3n) is 4.55. The highest BCUT2D eigenvalue weighted by Crippen LogP contribution is 2.13. The summed E-state index contributed by atoms with van der Waals surface area (Å²) in [5.41, 5.74) is 1.76. The van der Waals surface area contributed by atoms with E-state index in [9.17, 15) is 9.18 Å². The van der Waals surface area contributed by atoms with Crippen LogP contribution < -0.4 is 5.32 Å². The Morgan fingerprint density at radius 2 is 1.73 bits per heavy atom. The molecule has 3 rings (SSSR count). The highest BCUT2D eigenvalue weighted by molar-refractivity contribution is 6.30. The minimum Gasteiger partial charge on any atom is -0.326 e. The summed E-state index contributed by atoms with van der Waals surface area (Å²) >= 11 is 5.92. The Bertz CT molecular complexity index is 730. The number of carbonyl (C=O) groups is 1. The average molecular weight is 376 g/mol. The lowest BCUT2D eigenvalue weighted by Gasteiger charge is -2.34. The molecule has 0 atom stereocenters. The Labute approximate surface area is 158 Å².